The third kappa shape index (κ3) is 3.14. The molecule has 0 saturated heterocycles. The van der Waals surface area contributed by atoms with E-state index < -0.39 is 0 Å². The molecule has 2 atom stereocenters. The predicted molar refractivity (Wildman–Crippen MR) is 82.0 cm³/mol. The van der Waals surface area contributed by atoms with Crippen LogP contribution in [0, 0.1) is 11.7 Å². The monoisotopic (exact) mass is 304 g/mol. The average Bonchev–Trinajstić information content (AvgIpc) is 3.17. The van der Waals surface area contributed by atoms with Crippen molar-refractivity contribution >= 4 is 6.03 Å². The number of urea groups is 1. The van der Waals surface area contributed by atoms with E-state index in [4.69, 9.17) is 5.11 Å². The molecule has 2 aliphatic rings. The van der Waals surface area contributed by atoms with Crippen LogP contribution in [-0.4, -0.2) is 30.3 Å². The number of carbonyl (C=O) groups excluding carboxylic acids is 1. The summed E-state index contributed by atoms with van der Waals surface area (Å²) in [6, 6.07) is 6.49. The normalized spacial score (nSPS) is 25.0. The van der Waals surface area contributed by atoms with E-state index in [2.05, 4.69) is 10.6 Å². The second-order valence-corrected chi connectivity index (χ2v) is 6.26. The molecule has 0 aromatic heterocycles. The molecule has 1 aromatic rings. The first-order valence-electron chi connectivity index (χ1n) is 7.71. The number of aliphatic hydroxyl groups is 1. The van der Waals surface area contributed by atoms with Gasteiger partial charge in [0.15, 0.2) is 0 Å². The molecule has 0 radical (unpaired) electrons. The van der Waals surface area contributed by atoms with Gasteiger partial charge in [0.2, 0.25) is 0 Å². The molecule has 0 spiro atoms. The Morgan fingerprint density at radius 3 is 2.73 bits per heavy atom. The van der Waals surface area contributed by atoms with E-state index in [-0.39, 0.29) is 35.8 Å². The van der Waals surface area contributed by atoms with Gasteiger partial charge in [-0.1, -0.05) is 30.4 Å². The van der Waals surface area contributed by atoms with Gasteiger partial charge in [-0.3, -0.25) is 0 Å². The highest BCUT2D eigenvalue weighted by Crippen LogP contribution is 2.48. The van der Waals surface area contributed by atoms with Crippen molar-refractivity contribution in [2.24, 2.45) is 5.92 Å². The number of rotatable bonds is 5. The van der Waals surface area contributed by atoms with Gasteiger partial charge in [0, 0.05) is 30.5 Å². The second kappa shape index (κ2) is 6.08. The minimum atomic E-state index is -0.248. The Bertz CT molecular complexity index is 584. The summed E-state index contributed by atoms with van der Waals surface area (Å²) in [6.45, 7) is 0.548. The van der Waals surface area contributed by atoms with E-state index in [0.29, 0.717) is 12.1 Å². The highest BCUT2D eigenvalue weighted by Gasteiger charge is 2.46. The van der Waals surface area contributed by atoms with E-state index in [1.54, 1.807) is 12.1 Å². The van der Waals surface area contributed by atoms with Crippen molar-refractivity contribution < 1.29 is 14.3 Å². The van der Waals surface area contributed by atoms with Crippen LogP contribution in [0.15, 0.2) is 36.4 Å². The molecule has 4 nitrogen and oxygen atoms in total. The van der Waals surface area contributed by atoms with Crippen molar-refractivity contribution in [1.82, 2.24) is 10.6 Å². The third-order valence-electron chi connectivity index (χ3n) is 4.61. The van der Waals surface area contributed by atoms with E-state index in [9.17, 15) is 9.18 Å². The van der Waals surface area contributed by atoms with Crippen LogP contribution in [-0.2, 0) is 5.41 Å². The SMILES string of the molecule is O=C(NCC1(c2ccccc2F)CC1)N[C@@H]1C=C[C@H](CO)C1. The van der Waals surface area contributed by atoms with E-state index >= 15 is 0 Å². The van der Waals surface area contributed by atoms with Crippen LogP contribution in [0.25, 0.3) is 0 Å². The van der Waals surface area contributed by atoms with Gasteiger partial charge in [0.25, 0.3) is 0 Å². The molecule has 5 heteroatoms. The van der Waals surface area contributed by atoms with Crippen LogP contribution >= 0.6 is 0 Å². The van der Waals surface area contributed by atoms with Crippen molar-refractivity contribution in [1.29, 1.82) is 0 Å². The van der Waals surface area contributed by atoms with Gasteiger partial charge in [-0.25, -0.2) is 9.18 Å². The van der Waals surface area contributed by atoms with E-state index in [1.165, 1.54) is 6.07 Å². The number of halogens is 1. The summed E-state index contributed by atoms with van der Waals surface area (Å²) in [4.78, 5) is 12.0. The van der Waals surface area contributed by atoms with Crippen molar-refractivity contribution in [3.63, 3.8) is 0 Å². The Morgan fingerprint density at radius 2 is 2.09 bits per heavy atom. The quantitative estimate of drug-likeness (QED) is 0.730. The first-order chi connectivity index (χ1) is 10.6. The molecule has 3 N–H and O–H groups in total. The summed E-state index contributed by atoms with van der Waals surface area (Å²) < 4.78 is 13.9. The number of benzene rings is 1. The number of aliphatic hydroxyl groups excluding tert-OH is 1. The molecule has 1 aromatic carbocycles. The first-order valence-corrected chi connectivity index (χ1v) is 7.71. The van der Waals surface area contributed by atoms with Crippen molar-refractivity contribution in [3.8, 4) is 0 Å². The van der Waals surface area contributed by atoms with Crippen LogP contribution in [0.1, 0.15) is 24.8 Å². The predicted octanol–water partition coefficient (Wildman–Crippen LogP) is 2.09. The van der Waals surface area contributed by atoms with Crippen LogP contribution in [0.5, 0.6) is 0 Å². The van der Waals surface area contributed by atoms with Crippen LogP contribution < -0.4 is 10.6 Å². The molecule has 0 heterocycles. The Labute approximate surface area is 129 Å². The zero-order chi connectivity index (χ0) is 15.6. The smallest absolute Gasteiger partial charge is 0.315 e. The highest BCUT2D eigenvalue weighted by molar-refractivity contribution is 5.74. The molecule has 0 bridgehead atoms. The Hall–Kier alpha value is -1.88. The van der Waals surface area contributed by atoms with Gasteiger partial charge < -0.3 is 15.7 Å². The maximum absolute atomic E-state index is 13.9. The number of hydrogen-bond donors (Lipinski definition) is 3. The van der Waals surface area contributed by atoms with Gasteiger partial charge in [-0.2, -0.15) is 0 Å². The zero-order valence-corrected chi connectivity index (χ0v) is 12.4. The summed E-state index contributed by atoms with van der Waals surface area (Å²) in [5, 5.41) is 14.8. The molecule has 22 heavy (non-hydrogen) atoms. The second-order valence-electron chi connectivity index (χ2n) is 6.26. The number of nitrogens with one attached hydrogen (secondary N) is 2. The lowest BCUT2D eigenvalue weighted by atomic mass is 9.95. The average molecular weight is 304 g/mol. The highest BCUT2D eigenvalue weighted by atomic mass is 19.1. The molecular weight excluding hydrogens is 283 g/mol. The first kappa shape index (κ1) is 15.0. The summed E-state index contributed by atoms with van der Waals surface area (Å²) in [6.07, 6.45) is 6.34. The lowest BCUT2D eigenvalue weighted by Gasteiger charge is -2.19. The molecular formula is C17H21FN2O2. The van der Waals surface area contributed by atoms with Gasteiger partial charge in [0.05, 0.1) is 0 Å². The van der Waals surface area contributed by atoms with Crippen molar-refractivity contribution in [3.05, 3.63) is 47.8 Å². The fraction of sp³-hybridized carbons (Fsp3) is 0.471. The minimum absolute atomic E-state index is 0.0410. The fourth-order valence-electron chi connectivity index (χ4n) is 3.07. The molecule has 1 saturated carbocycles. The summed E-state index contributed by atoms with van der Waals surface area (Å²) in [7, 11) is 0. The Kier molecular flexibility index (Phi) is 4.16. The number of carbonyl (C=O) groups is 1. The van der Waals surface area contributed by atoms with Gasteiger partial charge >= 0.3 is 6.03 Å². The molecule has 1 fully saturated rings. The lowest BCUT2D eigenvalue weighted by molar-refractivity contribution is 0.230. The topological polar surface area (TPSA) is 61.4 Å². The van der Waals surface area contributed by atoms with E-state index in [0.717, 1.165) is 19.3 Å². The molecule has 118 valence electrons. The molecule has 3 rings (SSSR count). The fourth-order valence-corrected chi connectivity index (χ4v) is 3.07. The number of amides is 2. The standard InChI is InChI=1S/C17H21FN2O2/c18-15-4-2-1-3-14(15)17(7-8-17)11-19-16(22)20-13-6-5-12(9-13)10-21/h1-6,12-13,21H,7-11H2,(H2,19,20,22)/t12-,13+/m0/s1. The van der Waals surface area contributed by atoms with Crippen LogP contribution in [0.3, 0.4) is 0 Å². The van der Waals surface area contributed by atoms with Crippen LogP contribution in [0.2, 0.25) is 0 Å². The molecule has 0 unspecified atom stereocenters. The Morgan fingerprint density at radius 1 is 1.32 bits per heavy atom. The van der Waals surface area contributed by atoms with E-state index in [1.807, 2.05) is 18.2 Å². The van der Waals surface area contributed by atoms with Gasteiger partial charge in [-0.05, 0) is 30.9 Å². The summed E-state index contributed by atoms with van der Waals surface area (Å²) in [5.41, 5.74) is 0.443. The van der Waals surface area contributed by atoms with Crippen molar-refractivity contribution in [2.75, 3.05) is 13.2 Å². The van der Waals surface area contributed by atoms with Crippen molar-refractivity contribution in [2.45, 2.75) is 30.7 Å². The maximum atomic E-state index is 13.9. The third-order valence-corrected chi connectivity index (χ3v) is 4.61. The lowest BCUT2D eigenvalue weighted by Crippen LogP contribution is -2.43. The van der Waals surface area contributed by atoms with Gasteiger partial charge in [-0.15, -0.1) is 0 Å². The van der Waals surface area contributed by atoms with Crippen LogP contribution in [0.4, 0.5) is 9.18 Å². The minimum Gasteiger partial charge on any atom is -0.396 e. The summed E-state index contributed by atoms with van der Waals surface area (Å²) in [5.74, 6) is -0.0785. The maximum Gasteiger partial charge on any atom is 0.315 e. The number of hydrogen-bond acceptors (Lipinski definition) is 2. The largest absolute Gasteiger partial charge is 0.396 e. The zero-order valence-electron chi connectivity index (χ0n) is 12.4. The van der Waals surface area contributed by atoms with Gasteiger partial charge in [0.1, 0.15) is 5.82 Å². The Balaban J connectivity index is 1.52. The molecule has 2 aliphatic carbocycles. The summed E-state index contributed by atoms with van der Waals surface area (Å²) >= 11 is 0. The molecule has 0 aliphatic heterocycles. The molecule has 2 amide bonds.